The minimum atomic E-state index is -0.668. The minimum Gasteiger partial charge on any atom is -0.494 e. The largest absolute Gasteiger partial charge is 0.494 e. The summed E-state index contributed by atoms with van der Waals surface area (Å²) < 4.78 is 5.81. The Morgan fingerprint density at radius 3 is 2.82 bits per heavy atom. The molecular formula is C25H27ClN4O2S. The van der Waals surface area contributed by atoms with E-state index in [0.29, 0.717) is 35.4 Å². The predicted molar refractivity (Wildman–Crippen MR) is 131 cm³/mol. The van der Waals surface area contributed by atoms with E-state index in [9.17, 15) is 4.79 Å². The fourth-order valence-electron chi connectivity index (χ4n) is 4.36. The van der Waals surface area contributed by atoms with Gasteiger partial charge < -0.3 is 10.1 Å². The SMILES string of the molecule is CCCCOc1ccc(C2(C)CC(c3ccc(C4CC4)s3)=C(c3ncn[nH]3)C(=O)N2)c(Cl)c1. The first-order chi connectivity index (χ1) is 16.0. The van der Waals surface area contributed by atoms with Crippen molar-refractivity contribution in [1.82, 2.24) is 20.5 Å². The second kappa shape index (κ2) is 8.95. The van der Waals surface area contributed by atoms with Crippen LogP contribution in [0.5, 0.6) is 5.75 Å². The standard InChI is InChI=1S/C25H27ClN4O2S/c1-3-4-11-32-16-7-8-18(19(26)12-16)25(2)13-17(21-10-9-20(33-21)15-5-6-15)22(24(31)29-25)23-27-14-28-30-23/h7-10,12,14-15H,3-6,11,13H2,1-2H3,(H,29,31)(H,27,28,30). The van der Waals surface area contributed by atoms with Crippen molar-refractivity contribution in [2.24, 2.45) is 0 Å². The highest BCUT2D eigenvalue weighted by Crippen LogP contribution is 2.48. The number of aromatic nitrogens is 3. The Morgan fingerprint density at radius 2 is 2.12 bits per heavy atom. The van der Waals surface area contributed by atoms with Crippen LogP contribution in [-0.4, -0.2) is 27.7 Å². The number of aromatic amines is 1. The number of carbonyl (C=O) groups excluding carboxylic acids is 1. The van der Waals surface area contributed by atoms with Crippen molar-refractivity contribution in [2.45, 2.75) is 57.4 Å². The molecule has 1 aliphatic heterocycles. The van der Waals surface area contributed by atoms with Gasteiger partial charge in [0.1, 0.15) is 12.1 Å². The van der Waals surface area contributed by atoms with Gasteiger partial charge in [0.2, 0.25) is 0 Å². The average molecular weight is 483 g/mol. The lowest BCUT2D eigenvalue weighted by molar-refractivity contribution is -0.117. The van der Waals surface area contributed by atoms with E-state index in [4.69, 9.17) is 16.3 Å². The van der Waals surface area contributed by atoms with Crippen LogP contribution in [-0.2, 0) is 10.3 Å². The third-order valence-electron chi connectivity index (χ3n) is 6.31. The van der Waals surface area contributed by atoms with Crippen molar-refractivity contribution < 1.29 is 9.53 Å². The molecule has 1 amide bonds. The lowest BCUT2D eigenvalue weighted by Gasteiger charge is -2.37. The van der Waals surface area contributed by atoms with Crippen LogP contribution in [0.4, 0.5) is 0 Å². The number of thiophene rings is 1. The zero-order chi connectivity index (χ0) is 23.0. The molecule has 0 saturated heterocycles. The summed E-state index contributed by atoms with van der Waals surface area (Å²) >= 11 is 8.50. The number of benzene rings is 1. The molecule has 8 heteroatoms. The van der Waals surface area contributed by atoms with Gasteiger partial charge >= 0.3 is 0 Å². The second-order valence-electron chi connectivity index (χ2n) is 8.97. The van der Waals surface area contributed by atoms with Gasteiger partial charge in [0.25, 0.3) is 5.91 Å². The average Bonchev–Trinajstić information content (AvgIpc) is 3.28. The summed E-state index contributed by atoms with van der Waals surface area (Å²) in [6.45, 7) is 4.82. The van der Waals surface area contributed by atoms with Gasteiger partial charge in [-0.1, -0.05) is 31.0 Å². The van der Waals surface area contributed by atoms with E-state index in [0.717, 1.165) is 34.6 Å². The number of halogens is 1. The fraction of sp³-hybridized carbons (Fsp3) is 0.400. The number of nitrogens with zero attached hydrogens (tertiary/aromatic N) is 2. The normalized spacial score (nSPS) is 20.8. The monoisotopic (exact) mass is 482 g/mol. The second-order valence-corrected chi connectivity index (χ2v) is 10.5. The maximum atomic E-state index is 13.5. The molecule has 1 saturated carbocycles. The van der Waals surface area contributed by atoms with E-state index < -0.39 is 5.54 Å². The van der Waals surface area contributed by atoms with Crippen LogP contribution in [0.3, 0.4) is 0 Å². The van der Waals surface area contributed by atoms with Gasteiger partial charge in [-0.15, -0.1) is 11.3 Å². The molecule has 1 unspecified atom stereocenters. The molecule has 172 valence electrons. The molecule has 6 nitrogen and oxygen atoms in total. The highest BCUT2D eigenvalue weighted by molar-refractivity contribution is 7.13. The molecule has 5 rings (SSSR count). The molecule has 3 aromatic rings. The first kappa shape index (κ1) is 22.2. The van der Waals surface area contributed by atoms with Crippen LogP contribution in [0.25, 0.3) is 11.1 Å². The van der Waals surface area contributed by atoms with Gasteiger partial charge in [0, 0.05) is 21.2 Å². The van der Waals surface area contributed by atoms with Crippen molar-refractivity contribution in [3.63, 3.8) is 0 Å². The molecular weight excluding hydrogens is 456 g/mol. The summed E-state index contributed by atoms with van der Waals surface area (Å²) in [5, 5.41) is 10.6. The molecule has 1 aromatic carbocycles. The number of unbranched alkanes of at least 4 members (excludes halogenated alkanes) is 1. The van der Waals surface area contributed by atoms with E-state index in [1.807, 2.05) is 25.1 Å². The van der Waals surface area contributed by atoms with Crippen molar-refractivity contribution in [2.75, 3.05) is 6.61 Å². The molecule has 2 aliphatic rings. The molecule has 1 fully saturated rings. The highest BCUT2D eigenvalue weighted by Gasteiger charge is 2.40. The zero-order valence-electron chi connectivity index (χ0n) is 18.8. The van der Waals surface area contributed by atoms with E-state index in [2.05, 4.69) is 39.6 Å². The Hall–Kier alpha value is -2.64. The summed E-state index contributed by atoms with van der Waals surface area (Å²) in [5.41, 5.74) is 1.71. The third kappa shape index (κ3) is 4.44. The fourth-order valence-corrected chi connectivity index (χ4v) is 5.96. The third-order valence-corrected chi connectivity index (χ3v) is 7.93. The first-order valence-corrected chi connectivity index (χ1v) is 12.6. The maximum Gasteiger partial charge on any atom is 0.256 e. The summed E-state index contributed by atoms with van der Waals surface area (Å²) in [5.74, 6) is 1.71. The van der Waals surface area contributed by atoms with Gasteiger partial charge in [-0.2, -0.15) is 5.10 Å². The predicted octanol–water partition coefficient (Wildman–Crippen LogP) is 5.92. The van der Waals surface area contributed by atoms with Gasteiger partial charge in [-0.25, -0.2) is 4.98 Å². The number of carbonyl (C=O) groups is 1. The lowest BCUT2D eigenvalue weighted by Crippen LogP contribution is -2.47. The van der Waals surface area contributed by atoms with Crippen LogP contribution in [0, 0.1) is 0 Å². The summed E-state index contributed by atoms with van der Waals surface area (Å²) in [4.78, 5) is 20.2. The number of rotatable bonds is 8. The van der Waals surface area contributed by atoms with E-state index >= 15 is 0 Å². The topological polar surface area (TPSA) is 79.9 Å². The zero-order valence-corrected chi connectivity index (χ0v) is 20.4. The smallest absolute Gasteiger partial charge is 0.256 e. The molecule has 2 aromatic heterocycles. The van der Waals surface area contributed by atoms with Crippen LogP contribution < -0.4 is 10.1 Å². The lowest BCUT2D eigenvalue weighted by atomic mass is 9.80. The van der Waals surface area contributed by atoms with Gasteiger partial charge in [0.15, 0.2) is 5.82 Å². The number of nitrogens with one attached hydrogen (secondary N) is 2. The van der Waals surface area contributed by atoms with Crippen LogP contribution in [0.2, 0.25) is 5.02 Å². The van der Waals surface area contributed by atoms with Crippen LogP contribution in [0.1, 0.15) is 73.0 Å². The minimum absolute atomic E-state index is 0.184. The van der Waals surface area contributed by atoms with Crippen molar-refractivity contribution >= 4 is 40.0 Å². The summed E-state index contributed by atoms with van der Waals surface area (Å²) in [6.07, 6.45) is 6.58. The molecule has 1 atom stereocenters. The molecule has 3 heterocycles. The number of amides is 1. The number of ether oxygens (including phenoxy) is 1. The number of hydrogen-bond acceptors (Lipinski definition) is 5. The van der Waals surface area contributed by atoms with Crippen molar-refractivity contribution in [1.29, 1.82) is 0 Å². The Bertz CT molecular complexity index is 1200. The molecule has 0 radical (unpaired) electrons. The van der Waals surface area contributed by atoms with E-state index in [1.165, 1.54) is 24.0 Å². The van der Waals surface area contributed by atoms with Gasteiger partial charge in [0.05, 0.1) is 17.7 Å². The maximum absolute atomic E-state index is 13.5. The molecule has 0 bridgehead atoms. The molecule has 2 N–H and O–H groups in total. The molecule has 0 spiro atoms. The highest BCUT2D eigenvalue weighted by atomic mass is 35.5. The summed E-state index contributed by atoms with van der Waals surface area (Å²) in [6, 6.07) is 10.1. The summed E-state index contributed by atoms with van der Waals surface area (Å²) in [7, 11) is 0. The number of H-pyrrole nitrogens is 1. The molecule has 33 heavy (non-hydrogen) atoms. The van der Waals surface area contributed by atoms with Gasteiger partial charge in [-0.05, 0) is 67.5 Å². The van der Waals surface area contributed by atoms with E-state index in [-0.39, 0.29) is 5.91 Å². The first-order valence-electron chi connectivity index (χ1n) is 11.4. The Balaban J connectivity index is 1.52. The molecule has 1 aliphatic carbocycles. The Morgan fingerprint density at radius 1 is 1.27 bits per heavy atom. The Kier molecular flexibility index (Phi) is 6.01. The quantitative estimate of drug-likeness (QED) is 0.390. The van der Waals surface area contributed by atoms with Crippen LogP contribution in [0.15, 0.2) is 36.7 Å². The van der Waals surface area contributed by atoms with Crippen molar-refractivity contribution in [3.05, 3.63) is 62.8 Å². The van der Waals surface area contributed by atoms with Gasteiger partial charge in [-0.3, -0.25) is 9.89 Å². The Labute approximate surface area is 202 Å². The van der Waals surface area contributed by atoms with E-state index in [1.54, 1.807) is 11.3 Å². The number of hydrogen-bond donors (Lipinski definition) is 2. The van der Waals surface area contributed by atoms with Crippen molar-refractivity contribution in [3.8, 4) is 5.75 Å². The van der Waals surface area contributed by atoms with Crippen LogP contribution >= 0.6 is 22.9 Å².